The molecule has 1 amide bonds. The van der Waals surface area contributed by atoms with Gasteiger partial charge in [0.25, 0.3) is 0 Å². The second-order valence-corrected chi connectivity index (χ2v) is 8.52. The van der Waals surface area contributed by atoms with Crippen molar-refractivity contribution in [1.82, 2.24) is 14.8 Å². The minimum absolute atomic E-state index is 0. The number of carbonyl (C=O) groups excluding carboxylic acids is 1. The van der Waals surface area contributed by atoms with E-state index in [2.05, 4.69) is 9.88 Å². The fourth-order valence-electron chi connectivity index (χ4n) is 3.16. The van der Waals surface area contributed by atoms with Gasteiger partial charge in [-0.15, -0.1) is 35.1 Å². The lowest BCUT2D eigenvalue weighted by atomic mass is 10.2. The zero-order chi connectivity index (χ0) is 18.6. The molecule has 4 rings (SSSR count). The minimum Gasteiger partial charge on any atom is -0.340 e. The first-order valence-electron chi connectivity index (χ1n) is 8.90. The molecule has 8 heteroatoms. The van der Waals surface area contributed by atoms with E-state index in [1.807, 2.05) is 27.8 Å². The quantitative estimate of drug-likeness (QED) is 0.596. The summed E-state index contributed by atoms with van der Waals surface area (Å²) in [5, 5.41) is 5.07. The zero-order valence-electron chi connectivity index (χ0n) is 15.2. The summed E-state index contributed by atoms with van der Waals surface area (Å²) in [6.45, 7) is 4.04. The van der Waals surface area contributed by atoms with E-state index in [0.29, 0.717) is 6.42 Å². The van der Waals surface area contributed by atoms with Crippen LogP contribution in [0.3, 0.4) is 0 Å². The van der Waals surface area contributed by atoms with Crippen molar-refractivity contribution in [2.24, 2.45) is 0 Å². The SMILES string of the molecule is Cl.O=C(Cc1cccs1)N1CCN(Cc2nc(-c3ccc(F)cc3)cs2)CC1. The number of hydrogen-bond donors (Lipinski definition) is 0. The number of thiophene rings is 1. The second kappa shape index (κ2) is 9.60. The maximum atomic E-state index is 13.1. The van der Waals surface area contributed by atoms with Gasteiger partial charge < -0.3 is 4.90 Å². The van der Waals surface area contributed by atoms with E-state index in [9.17, 15) is 9.18 Å². The molecule has 0 spiro atoms. The Bertz CT molecular complexity index is 891. The molecule has 28 heavy (non-hydrogen) atoms. The molecule has 0 unspecified atom stereocenters. The maximum absolute atomic E-state index is 13.1. The molecule has 0 radical (unpaired) electrons. The van der Waals surface area contributed by atoms with Crippen molar-refractivity contribution >= 4 is 41.0 Å². The highest BCUT2D eigenvalue weighted by molar-refractivity contribution is 7.10. The fourth-order valence-corrected chi connectivity index (χ4v) is 4.70. The molecule has 0 aliphatic carbocycles. The molecule has 1 saturated heterocycles. The fraction of sp³-hybridized carbons (Fsp3) is 0.300. The van der Waals surface area contributed by atoms with Gasteiger partial charge in [0, 0.05) is 42.0 Å². The number of piperazine rings is 1. The van der Waals surface area contributed by atoms with Crippen molar-refractivity contribution in [2.45, 2.75) is 13.0 Å². The molecule has 148 valence electrons. The summed E-state index contributed by atoms with van der Waals surface area (Å²) in [6, 6.07) is 10.4. The van der Waals surface area contributed by atoms with Crippen LogP contribution in [0.25, 0.3) is 11.3 Å². The molecule has 1 aliphatic rings. The third-order valence-corrected chi connectivity index (χ3v) is 6.39. The largest absolute Gasteiger partial charge is 0.340 e. The number of thiazole rings is 1. The van der Waals surface area contributed by atoms with Gasteiger partial charge in [-0.1, -0.05) is 6.07 Å². The molecular weight excluding hydrogens is 417 g/mol. The lowest BCUT2D eigenvalue weighted by Gasteiger charge is -2.34. The van der Waals surface area contributed by atoms with E-state index in [0.717, 1.165) is 53.9 Å². The predicted octanol–water partition coefficient (Wildman–Crippen LogP) is 4.32. The Hall–Kier alpha value is -1.80. The first-order valence-corrected chi connectivity index (χ1v) is 10.7. The summed E-state index contributed by atoms with van der Waals surface area (Å²) < 4.78 is 13.1. The Morgan fingerprint density at radius 1 is 1.07 bits per heavy atom. The van der Waals surface area contributed by atoms with Crippen LogP contribution in [0.15, 0.2) is 47.2 Å². The van der Waals surface area contributed by atoms with Crippen LogP contribution >= 0.6 is 35.1 Å². The van der Waals surface area contributed by atoms with Crippen LogP contribution in [-0.2, 0) is 17.8 Å². The topological polar surface area (TPSA) is 36.4 Å². The Morgan fingerprint density at radius 2 is 1.82 bits per heavy atom. The van der Waals surface area contributed by atoms with Crippen molar-refractivity contribution < 1.29 is 9.18 Å². The third-order valence-electron chi connectivity index (χ3n) is 4.68. The van der Waals surface area contributed by atoms with Gasteiger partial charge in [-0.2, -0.15) is 0 Å². The molecule has 3 heterocycles. The van der Waals surface area contributed by atoms with E-state index < -0.39 is 0 Å². The predicted molar refractivity (Wildman–Crippen MR) is 115 cm³/mol. The second-order valence-electron chi connectivity index (χ2n) is 6.55. The number of nitrogens with zero attached hydrogens (tertiary/aromatic N) is 3. The van der Waals surface area contributed by atoms with Gasteiger partial charge in [0.15, 0.2) is 0 Å². The van der Waals surface area contributed by atoms with Gasteiger partial charge in [0.05, 0.1) is 18.7 Å². The van der Waals surface area contributed by atoms with E-state index in [1.165, 1.54) is 12.1 Å². The van der Waals surface area contributed by atoms with Gasteiger partial charge in [-0.3, -0.25) is 9.69 Å². The van der Waals surface area contributed by atoms with E-state index in [1.54, 1.807) is 34.8 Å². The lowest BCUT2D eigenvalue weighted by Crippen LogP contribution is -2.48. The Morgan fingerprint density at radius 3 is 2.50 bits per heavy atom. The average Bonchev–Trinajstić information content (AvgIpc) is 3.35. The van der Waals surface area contributed by atoms with Gasteiger partial charge in [0.2, 0.25) is 5.91 Å². The first-order chi connectivity index (χ1) is 13.2. The molecule has 1 fully saturated rings. The van der Waals surface area contributed by atoms with Crippen molar-refractivity contribution in [3.8, 4) is 11.3 Å². The van der Waals surface area contributed by atoms with Gasteiger partial charge in [-0.05, 0) is 35.7 Å². The van der Waals surface area contributed by atoms with E-state index in [4.69, 9.17) is 0 Å². The minimum atomic E-state index is -0.235. The van der Waals surface area contributed by atoms with Crippen molar-refractivity contribution in [3.05, 3.63) is 62.9 Å². The van der Waals surface area contributed by atoms with Crippen LogP contribution in [0, 0.1) is 5.82 Å². The maximum Gasteiger partial charge on any atom is 0.227 e. The summed E-state index contributed by atoms with van der Waals surface area (Å²) in [5.41, 5.74) is 1.82. The molecule has 4 nitrogen and oxygen atoms in total. The molecule has 0 N–H and O–H groups in total. The van der Waals surface area contributed by atoms with Crippen molar-refractivity contribution in [2.75, 3.05) is 26.2 Å². The summed E-state index contributed by atoms with van der Waals surface area (Å²) in [4.78, 5) is 22.5. The third kappa shape index (κ3) is 5.17. The van der Waals surface area contributed by atoms with Crippen LogP contribution in [0.5, 0.6) is 0 Å². The Labute approximate surface area is 178 Å². The molecule has 0 saturated carbocycles. The normalized spacial score (nSPS) is 14.7. The lowest BCUT2D eigenvalue weighted by molar-refractivity contribution is -0.132. The van der Waals surface area contributed by atoms with Gasteiger partial charge >= 0.3 is 0 Å². The number of amides is 1. The Balaban J connectivity index is 0.00000225. The summed E-state index contributed by atoms with van der Waals surface area (Å²) >= 11 is 3.26. The highest BCUT2D eigenvalue weighted by atomic mass is 35.5. The first kappa shape index (κ1) is 20.9. The van der Waals surface area contributed by atoms with E-state index >= 15 is 0 Å². The van der Waals surface area contributed by atoms with Crippen LogP contribution in [0.4, 0.5) is 4.39 Å². The summed E-state index contributed by atoms with van der Waals surface area (Å²) in [6.07, 6.45) is 0.505. The van der Waals surface area contributed by atoms with Gasteiger partial charge in [0.1, 0.15) is 10.8 Å². The molecule has 3 aromatic rings. The monoisotopic (exact) mass is 437 g/mol. The van der Waals surface area contributed by atoms with Crippen LogP contribution in [0.1, 0.15) is 9.88 Å². The number of hydrogen-bond acceptors (Lipinski definition) is 5. The summed E-state index contributed by atoms with van der Waals surface area (Å²) in [5.74, 6) is -0.0226. The van der Waals surface area contributed by atoms with Crippen molar-refractivity contribution in [1.29, 1.82) is 0 Å². The van der Waals surface area contributed by atoms with Gasteiger partial charge in [-0.25, -0.2) is 9.37 Å². The summed E-state index contributed by atoms with van der Waals surface area (Å²) in [7, 11) is 0. The zero-order valence-corrected chi connectivity index (χ0v) is 17.7. The standard InChI is InChI=1S/C20H20FN3OS2.ClH/c21-16-5-3-15(4-6-16)18-14-27-19(22-18)13-23-7-9-24(10-8-23)20(25)12-17-2-1-11-26-17;/h1-6,11,14H,7-10,12-13H2;1H. The van der Waals surface area contributed by atoms with Crippen molar-refractivity contribution in [3.63, 3.8) is 0 Å². The molecule has 1 aromatic carbocycles. The Kier molecular flexibility index (Phi) is 7.18. The smallest absolute Gasteiger partial charge is 0.227 e. The molecule has 0 atom stereocenters. The highest BCUT2D eigenvalue weighted by Crippen LogP contribution is 2.23. The molecular formula is C20H21ClFN3OS2. The van der Waals surface area contributed by atoms with Crippen LogP contribution in [0.2, 0.25) is 0 Å². The number of aromatic nitrogens is 1. The number of halogens is 2. The number of carbonyl (C=O) groups is 1. The number of rotatable bonds is 5. The van der Waals surface area contributed by atoms with Crippen LogP contribution < -0.4 is 0 Å². The highest BCUT2D eigenvalue weighted by Gasteiger charge is 2.22. The number of benzene rings is 1. The average molecular weight is 438 g/mol. The van der Waals surface area contributed by atoms with Crippen LogP contribution in [-0.4, -0.2) is 46.9 Å². The van der Waals surface area contributed by atoms with E-state index in [-0.39, 0.29) is 24.1 Å². The molecule has 0 bridgehead atoms. The molecule has 1 aliphatic heterocycles. The molecule has 2 aromatic heterocycles.